The molecule has 1 aromatic heterocycles. The van der Waals surface area contributed by atoms with E-state index in [1.807, 2.05) is 23.1 Å². The summed E-state index contributed by atoms with van der Waals surface area (Å²) in [7, 11) is 0. The van der Waals surface area contributed by atoms with E-state index in [0.717, 1.165) is 18.7 Å². The fraction of sp³-hybridized carbons (Fsp3) is 0.545. The number of anilines is 1. The van der Waals surface area contributed by atoms with Crippen LogP contribution in [0.1, 0.15) is 12.8 Å². The molecule has 1 saturated heterocycles. The van der Waals surface area contributed by atoms with Crippen LogP contribution in [0.15, 0.2) is 24.4 Å². The third-order valence-corrected chi connectivity index (χ3v) is 3.19. The lowest BCUT2D eigenvalue weighted by molar-refractivity contribution is 0.0925. The van der Waals surface area contributed by atoms with Crippen molar-refractivity contribution in [1.82, 2.24) is 4.98 Å². The molecule has 2 nitrogen and oxygen atoms in total. The van der Waals surface area contributed by atoms with E-state index in [-0.39, 0.29) is 0 Å². The second-order valence-corrected chi connectivity index (χ2v) is 4.35. The minimum absolute atomic E-state index is 0.336. The van der Waals surface area contributed by atoms with Gasteiger partial charge in [-0.25, -0.2) is 9.37 Å². The van der Waals surface area contributed by atoms with Crippen LogP contribution in [0.2, 0.25) is 0 Å². The summed E-state index contributed by atoms with van der Waals surface area (Å²) in [5, 5.41) is 0. The number of hydrogen-bond donors (Lipinski definition) is 0. The maximum Gasteiger partial charge on any atom is 0.148 e. The summed E-state index contributed by atoms with van der Waals surface area (Å²) in [6.07, 6.45) is 3.91. The van der Waals surface area contributed by atoms with Gasteiger partial charge in [-0.3, -0.25) is 0 Å². The van der Waals surface area contributed by atoms with Crippen molar-refractivity contribution >= 4 is 5.82 Å². The van der Waals surface area contributed by atoms with Gasteiger partial charge in [0.25, 0.3) is 0 Å². The van der Waals surface area contributed by atoms with Crippen LogP contribution >= 0.6 is 0 Å². The summed E-state index contributed by atoms with van der Waals surface area (Å²) in [6, 6.07) is 5.76. The maximum atomic E-state index is 14.0. The van der Waals surface area contributed by atoms with Gasteiger partial charge in [0, 0.05) is 6.20 Å². The average Bonchev–Trinajstić information content (AvgIpc) is 2.98. The SMILES string of the molecule is FC1(C2CC2)CN(c2ccccn2)C1. The van der Waals surface area contributed by atoms with Crippen LogP contribution in [0.25, 0.3) is 0 Å². The number of hydrogen-bond acceptors (Lipinski definition) is 2. The molecule has 74 valence electrons. The van der Waals surface area contributed by atoms with Crippen molar-refractivity contribution < 1.29 is 4.39 Å². The first kappa shape index (κ1) is 8.21. The molecular formula is C11H13FN2. The van der Waals surface area contributed by atoms with Crippen LogP contribution in [0.5, 0.6) is 0 Å². The third-order valence-electron chi connectivity index (χ3n) is 3.19. The minimum atomic E-state index is -0.905. The van der Waals surface area contributed by atoms with Crippen LogP contribution in [0.3, 0.4) is 0 Å². The molecule has 1 aromatic rings. The molecule has 0 N–H and O–H groups in total. The van der Waals surface area contributed by atoms with E-state index < -0.39 is 5.67 Å². The lowest BCUT2D eigenvalue weighted by Gasteiger charge is -2.45. The molecule has 0 amide bonds. The van der Waals surface area contributed by atoms with Crippen molar-refractivity contribution in [2.75, 3.05) is 18.0 Å². The number of rotatable bonds is 2. The molecule has 14 heavy (non-hydrogen) atoms. The average molecular weight is 192 g/mol. The van der Waals surface area contributed by atoms with Crippen molar-refractivity contribution in [2.45, 2.75) is 18.5 Å². The number of alkyl halides is 1. The second kappa shape index (κ2) is 2.69. The molecule has 2 aliphatic rings. The molecule has 2 fully saturated rings. The van der Waals surface area contributed by atoms with Crippen LogP contribution in [0.4, 0.5) is 10.2 Å². The zero-order chi connectivity index (χ0) is 9.60. The van der Waals surface area contributed by atoms with E-state index in [9.17, 15) is 4.39 Å². The smallest absolute Gasteiger partial charge is 0.148 e. The Morgan fingerprint density at radius 2 is 2.14 bits per heavy atom. The summed E-state index contributed by atoms with van der Waals surface area (Å²) >= 11 is 0. The topological polar surface area (TPSA) is 16.1 Å². The number of halogens is 1. The summed E-state index contributed by atoms with van der Waals surface area (Å²) in [5.41, 5.74) is -0.905. The predicted octanol–water partition coefficient (Wildman–Crippen LogP) is 2.02. The van der Waals surface area contributed by atoms with Crippen molar-refractivity contribution in [3.63, 3.8) is 0 Å². The molecule has 0 unspecified atom stereocenters. The fourth-order valence-electron chi connectivity index (χ4n) is 2.15. The van der Waals surface area contributed by atoms with Crippen LogP contribution in [-0.2, 0) is 0 Å². The van der Waals surface area contributed by atoms with E-state index in [1.165, 1.54) is 0 Å². The van der Waals surface area contributed by atoms with Gasteiger partial charge in [-0.2, -0.15) is 0 Å². The van der Waals surface area contributed by atoms with Crippen LogP contribution < -0.4 is 4.90 Å². The normalized spacial score (nSPS) is 24.5. The highest BCUT2D eigenvalue weighted by molar-refractivity contribution is 5.44. The van der Waals surface area contributed by atoms with Gasteiger partial charge >= 0.3 is 0 Å². The van der Waals surface area contributed by atoms with E-state index in [0.29, 0.717) is 19.0 Å². The highest BCUT2D eigenvalue weighted by Crippen LogP contribution is 2.47. The Labute approximate surface area is 82.8 Å². The molecular weight excluding hydrogens is 179 g/mol. The molecule has 1 aliphatic heterocycles. The zero-order valence-electron chi connectivity index (χ0n) is 7.99. The largest absolute Gasteiger partial charge is 0.350 e. The van der Waals surface area contributed by atoms with Crippen LogP contribution in [0, 0.1) is 5.92 Å². The first-order chi connectivity index (χ1) is 6.78. The first-order valence-corrected chi connectivity index (χ1v) is 5.13. The monoisotopic (exact) mass is 192 g/mol. The molecule has 0 aromatic carbocycles. The predicted molar refractivity (Wildman–Crippen MR) is 53.0 cm³/mol. The van der Waals surface area contributed by atoms with E-state index >= 15 is 0 Å². The lowest BCUT2D eigenvalue weighted by atomic mass is 9.91. The third kappa shape index (κ3) is 1.19. The number of aromatic nitrogens is 1. The summed E-state index contributed by atoms with van der Waals surface area (Å²) < 4.78 is 14.0. The minimum Gasteiger partial charge on any atom is -0.350 e. The van der Waals surface area contributed by atoms with Crippen molar-refractivity contribution in [3.05, 3.63) is 24.4 Å². The Kier molecular flexibility index (Phi) is 1.58. The Bertz CT molecular complexity index is 328. The maximum absolute atomic E-state index is 14.0. The molecule has 2 heterocycles. The second-order valence-electron chi connectivity index (χ2n) is 4.35. The fourth-order valence-corrected chi connectivity index (χ4v) is 2.15. The highest BCUT2D eigenvalue weighted by atomic mass is 19.1. The van der Waals surface area contributed by atoms with Gasteiger partial charge < -0.3 is 4.90 Å². The van der Waals surface area contributed by atoms with E-state index in [4.69, 9.17) is 0 Å². The Morgan fingerprint density at radius 1 is 1.36 bits per heavy atom. The lowest BCUT2D eigenvalue weighted by Crippen LogP contribution is -2.60. The Balaban J connectivity index is 1.69. The summed E-state index contributed by atoms with van der Waals surface area (Å²) in [6.45, 7) is 1.07. The van der Waals surface area contributed by atoms with Gasteiger partial charge in [-0.05, 0) is 30.9 Å². The van der Waals surface area contributed by atoms with Gasteiger partial charge in [0.2, 0.25) is 0 Å². The quantitative estimate of drug-likeness (QED) is 0.712. The highest BCUT2D eigenvalue weighted by Gasteiger charge is 2.54. The molecule has 1 aliphatic carbocycles. The van der Waals surface area contributed by atoms with Gasteiger partial charge in [0.1, 0.15) is 11.5 Å². The Hall–Kier alpha value is -1.12. The molecule has 0 bridgehead atoms. The first-order valence-electron chi connectivity index (χ1n) is 5.13. The zero-order valence-corrected chi connectivity index (χ0v) is 7.99. The van der Waals surface area contributed by atoms with Crippen LogP contribution in [-0.4, -0.2) is 23.7 Å². The molecule has 1 saturated carbocycles. The van der Waals surface area contributed by atoms with Gasteiger partial charge in [-0.1, -0.05) is 6.07 Å². The van der Waals surface area contributed by atoms with Gasteiger partial charge in [0.15, 0.2) is 0 Å². The van der Waals surface area contributed by atoms with Crippen molar-refractivity contribution in [1.29, 1.82) is 0 Å². The molecule has 3 rings (SSSR count). The van der Waals surface area contributed by atoms with Gasteiger partial charge in [-0.15, -0.1) is 0 Å². The van der Waals surface area contributed by atoms with Crippen molar-refractivity contribution in [2.24, 2.45) is 5.92 Å². The summed E-state index contributed by atoms with van der Waals surface area (Å²) in [5.74, 6) is 1.24. The van der Waals surface area contributed by atoms with E-state index in [2.05, 4.69) is 4.98 Å². The summed E-state index contributed by atoms with van der Waals surface area (Å²) in [4.78, 5) is 6.22. The molecule has 0 spiro atoms. The van der Waals surface area contributed by atoms with Crippen molar-refractivity contribution in [3.8, 4) is 0 Å². The molecule has 0 radical (unpaired) electrons. The number of pyridine rings is 1. The standard InChI is InChI=1S/C11H13FN2/c12-11(9-4-5-9)7-14(8-11)10-3-1-2-6-13-10/h1-3,6,9H,4-5,7-8H2. The van der Waals surface area contributed by atoms with Gasteiger partial charge in [0.05, 0.1) is 13.1 Å². The molecule has 3 heteroatoms. The molecule has 0 atom stereocenters. The van der Waals surface area contributed by atoms with E-state index in [1.54, 1.807) is 6.20 Å². The Morgan fingerprint density at radius 3 is 2.71 bits per heavy atom. The number of nitrogens with zero attached hydrogens (tertiary/aromatic N) is 2.